The minimum atomic E-state index is -0.480. The predicted octanol–water partition coefficient (Wildman–Crippen LogP) is 1.75. The van der Waals surface area contributed by atoms with Crippen LogP contribution in [0.3, 0.4) is 0 Å². The largest absolute Gasteiger partial charge is 0.329 e. The van der Waals surface area contributed by atoms with Crippen molar-refractivity contribution in [2.24, 2.45) is 0 Å². The summed E-state index contributed by atoms with van der Waals surface area (Å²) in [5, 5.41) is 0.479. The number of thiophene rings is 1. The first-order valence-electron chi connectivity index (χ1n) is 8.16. The molecule has 8 heteroatoms. The van der Waals surface area contributed by atoms with E-state index >= 15 is 0 Å². The topological polar surface area (TPSA) is 92.2 Å². The van der Waals surface area contributed by atoms with Crippen LogP contribution in [0.4, 0.5) is 0 Å². The van der Waals surface area contributed by atoms with E-state index in [1.54, 1.807) is 30.3 Å². The second kappa shape index (κ2) is 6.06. The molecule has 1 aliphatic rings. The van der Waals surface area contributed by atoms with E-state index in [0.717, 1.165) is 14.3 Å². The highest BCUT2D eigenvalue weighted by Gasteiger charge is 2.34. The normalized spacial score (nSPS) is 13.7. The van der Waals surface area contributed by atoms with Crippen LogP contribution in [-0.2, 0) is 6.54 Å². The summed E-state index contributed by atoms with van der Waals surface area (Å²) in [6.07, 6.45) is 0.323. The first-order valence-corrected chi connectivity index (χ1v) is 8.97. The Morgan fingerprint density at radius 3 is 2.31 bits per heavy atom. The molecule has 0 fully saturated rings. The third-order valence-corrected chi connectivity index (χ3v) is 5.40. The van der Waals surface area contributed by atoms with Gasteiger partial charge in [0.25, 0.3) is 17.4 Å². The maximum atomic E-state index is 12.5. The van der Waals surface area contributed by atoms with Crippen LogP contribution >= 0.6 is 11.3 Å². The fourth-order valence-electron chi connectivity index (χ4n) is 3.20. The lowest BCUT2D eigenvalue weighted by Crippen LogP contribution is -2.37. The summed E-state index contributed by atoms with van der Waals surface area (Å²) < 4.78 is 1.12. The summed E-state index contributed by atoms with van der Waals surface area (Å²) in [5.41, 5.74) is -0.0486. The van der Waals surface area contributed by atoms with Gasteiger partial charge in [-0.25, -0.2) is 4.79 Å². The van der Waals surface area contributed by atoms with Crippen molar-refractivity contribution < 1.29 is 9.59 Å². The summed E-state index contributed by atoms with van der Waals surface area (Å²) in [7, 11) is 0. The number of carbonyl (C=O) groups excluding carboxylic acids is 2. The summed E-state index contributed by atoms with van der Waals surface area (Å²) in [6.45, 7) is 2.15. The molecule has 2 aromatic heterocycles. The van der Waals surface area contributed by atoms with Crippen molar-refractivity contribution in [1.29, 1.82) is 0 Å². The van der Waals surface area contributed by atoms with Gasteiger partial charge in [-0.05, 0) is 31.5 Å². The molecule has 0 radical (unpaired) electrons. The Kier molecular flexibility index (Phi) is 3.84. The van der Waals surface area contributed by atoms with Gasteiger partial charge in [0, 0.05) is 18.0 Å². The van der Waals surface area contributed by atoms with Gasteiger partial charge >= 0.3 is 5.69 Å². The molecule has 1 N–H and O–H groups in total. The molecule has 7 nitrogen and oxygen atoms in total. The molecule has 1 aromatic carbocycles. The second-order valence-electron chi connectivity index (χ2n) is 6.15. The predicted molar refractivity (Wildman–Crippen MR) is 97.9 cm³/mol. The number of imide groups is 1. The van der Waals surface area contributed by atoms with Crippen molar-refractivity contribution in [2.45, 2.75) is 19.9 Å². The Hall–Kier alpha value is -3.00. The van der Waals surface area contributed by atoms with E-state index in [2.05, 4.69) is 4.98 Å². The Morgan fingerprint density at radius 1 is 1.00 bits per heavy atom. The smallest absolute Gasteiger partial charge is 0.298 e. The number of hydrogen-bond donors (Lipinski definition) is 1. The molecule has 2 amide bonds. The van der Waals surface area contributed by atoms with Crippen LogP contribution in [0.25, 0.3) is 10.2 Å². The Bertz CT molecular complexity index is 1140. The average molecular weight is 369 g/mol. The zero-order valence-corrected chi connectivity index (χ0v) is 14.8. The van der Waals surface area contributed by atoms with Crippen molar-refractivity contribution in [3.63, 3.8) is 0 Å². The molecular weight excluding hydrogens is 354 g/mol. The van der Waals surface area contributed by atoms with Crippen LogP contribution in [-0.4, -0.2) is 32.8 Å². The summed E-state index contributed by atoms with van der Waals surface area (Å²) in [5.74, 6) is -0.675. The van der Waals surface area contributed by atoms with E-state index < -0.39 is 5.69 Å². The van der Waals surface area contributed by atoms with E-state index in [-0.39, 0.29) is 30.5 Å². The van der Waals surface area contributed by atoms with E-state index in [1.807, 2.05) is 6.92 Å². The number of benzene rings is 1. The standard InChI is InChI=1S/C18H15N3O4S/c1-10-9-13-14(26-10)19-18(25)21(17(13)24)8-4-7-20-15(22)11-5-2-3-6-12(11)16(20)23/h2-3,5-6,9H,4,7-8H2,1H3,(H,19,25). The molecule has 3 heterocycles. The van der Waals surface area contributed by atoms with Crippen molar-refractivity contribution in [3.05, 3.63) is 67.2 Å². The van der Waals surface area contributed by atoms with Crippen molar-refractivity contribution in [1.82, 2.24) is 14.5 Å². The zero-order valence-electron chi connectivity index (χ0n) is 13.9. The zero-order chi connectivity index (χ0) is 18.4. The van der Waals surface area contributed by atoms with Gasteiger partial charge in [-0.3, -0.25) is 28.8 Å². The number of aromatic amines is 1. The number of aryl methyl sites for hydroxylation is 1. The minimum absolute atomic E-state index is 0.131. The molecule has 0 saturated carbocycles. The fourth-order valence-corrected chi connectivity index (χ4v) is 4.09. The van der Waals surface area contributed by atoms with Gasteiger partial charge in [-0.15, -0.1) is 11.3 Å². The lowest BCUT2D eigenvalue weighted by molar-refractivity contribution is 0.0650. The summed E-state index contributed by atoms with van der Waals surface area (Å²) in [4.78, 5) is 54.7. The Balaban J connectivity index is 1.54. The number of aromatic nitrogens is 2. The van der Waals surface area contributed by atoms with Crippen LogP contribution in [0, 0.1) is 6.92 Å². The Morgan fingerprint density at radius 2 is 1.65 bits per heavy atom. The maximum Gasteiger partial charge on any atom is 0.329 e. The van der Waals surface area contributed by atoms with E-state index in [9.17, 15) is 19.2 Å². The molecule has 26 heavy (non-hydrogen) atoms. The van der Waals surface area contributed by atoms with E-state index in [1.165, 1.54) is 11.3 Å². The van der Waals surface area contributed by atoms with Crippen molar-refractivity contribution in [2.75, 3.05) is 6.54 Å². The van der Waals surface area contributed by atoms with Gasteiger partial charge in [-0.2, -0.15) is 0 Å². The number of nitrogens with one attached hydrogen (secondary N) is 1. The van der Waals surface area contributed by atoms with E-state index in [0.29, 0.717) is 27.8 Å². The number of nitrogens with zero attached hydrogens (tertiary/aromatic N) is 2. The van der Waals surface area contributed by atoms with Crippen LogP contribution in [0.5, 0.6) is 0 Å². The molecule has 3 aromatic rings. The summed E-state index contributed by atoms with van der Waals surface area (Å²) >= 11 is 1.36. The van der Waals surface area contributed by atoms with Gasteiger partial charge in [-0.1, -0.05) is 12.1 Å². The van der Waals surface area contributed by atoms with Gasteiger partial charge in [0.05, 0.1) is 16.5 Å². The number of amides is 2. The second-order valence-corrected chi connectivity index (χ2v) is 7.40. The van der Waals surface area contributed by atoms with Crippen molar-refractivity contribution in [3.8, 4) is 0 Å². The first kappa shape index (κ1) is 16.5. The molecule has 1 aliphatic heterocycles. The summed E-state index contributed by atoms with van der Waals surface area (Å²) in [6, 6.07) is 8.42. The van der Waals surface area contributed by atoms with Gasteiger partial charge in [0.1, 0.15) is 4.83 Å². The first-order chi connectivity index (χ1) is 12.5. The molecule has 0 bridgehead atoms. The molecule has 0 aliphatic carbocycles. The van der Waals surface area contributed by atoms with Crippen LogP contribution in [0.15, 0.2) is 39.9 Å². The molecule has 0 atom stereocenters. The fraction of sp³-hybridized carbons (Fsp3) is 0.222. The number of carbonyl (C=O) groups is 2. The third-order valence-electron chi connectivity index (χ3n) is 4.44. The highest BCUT2D eigenvalue weighted by Crippen LogP contribution is 2.22. The molecule has 0 unspecified atom stereocenters. The van der Waals surface area contributed by atoms with E-state index in [4.69, 9.17) is 0 Å². The maximum absolute atomic E-state index is 12.5. The highest BCUT2D eigenvalue weighted by molar-refractivity contribution is 7.18. The van der Waals surface area contributed by atoms with Crippen LogP contribution in [0.2, 0.25) is 0 Å². The average Bonchev–Trinajstić information content (AvgIpc) is 3.10. The Labute approximate surface area is 151 Å². The molecule has 0 spiro atoms. The van der Waals surface area contributed by atoms with Gasteiger partial charge < -0.3 is 0 Å². The lowest BCUT2D eigenvalue weighted by Gasteiger charge is -2.13. The molecule has 4 rings (SSSR count). The lowest BCUT2D eigenvalue weighted by atomic mass is 10.1. The number of rotatable bonds is 4. The number of H-pyrrole nitrogens is 1. The van der Waals surface area contributed by atoms with Crippen LogP contribution < -0.4 is 11.2 Å². The molecule has 132 valence electrons. The number of hydrogen-bond acceptors (Lipinski definition) is 5. The molecular formula is C18H15N3O4S. The SMILES string of the molecule is Cc1cc2c(=O)n(CCCN3C(=O)c4ccccc4C3=O)c(=O)[nH]c2s1. The monoisotopic (exact) mass is 369 g/mol. The van der Waals surface area contributed by atoms with Crippen LogP contribution in [0.1, 0.15) is 32.0 Å². The quantitative estimate of drug-likeness (QED) is 0.709. The van der Waals surface area contributed by atoms with Gasteiger partial charge in [0.2, 0.25) is 0 Å². The minimum Gasteiger partial charge on any atom is -0.298 e. The number of fused-ring (bicyclic) bond motifs is 2. The highest BCUT2D eigenvalue weighted by atomic mass is 32.1. The van der Waals surface area contributed by atoms with Gasteiger partial charge in [0.15, 0.2) is 0 Å². The molecule has 0 saturated heterocycles. The van der Waals surface area contributed by atoms with Crippen molar-refractivity contribution >= 4 is 33.4 Å². The third kappa shape index (κ3) is 2.50.